The minimum atomic E-state index is -0.116. The van der Waals surface area contributed by atoms with E-state index in [1.807, 2.05) is 19.3 Å². The van der Waals surface area contributed by atoms with Crippen LogP contribution >= 0.6 is 0 Å². The summed E-state index contributed by atoms with van der Waals surface area (Å²) in [7, 11) is 0. The van der Waals surface area contributed by atoms with Crippen LogP contribution in [0.15, 0.2) is 12.4 Å². The number of ether oxygens (including phenoxy) is 1. The number of hydrogen-bond acceptors (Lipinski definition) is 2. The van der Waals surface area contributed by atoms with Crippen LogP contribution in [0, 0.1) is 6.92 Å². The zero-order valence-electron chi connectivity index (χ0n) is 10.2. The van der Waals surface area contributed by atoms with Crippen LogP contribution in [0.25, 0.3) is 0 Å². The summed E-state index contributed by atoms with van der Waals surface area (Å²) in [6.07, 6.45) is 4.94. The van der Waals surface area contributed by atoms with Gasteiger partial charge in [0, 0.05) is 12.4 Å². The maximum absolute atomic E-state index is 6.08. The average Bonchev–Trinajstić information content (AvgIpc) is 2.52. The molecule has 0 aromatic carbocycles. The third-order valence-electron chi connectivity index (χ3n) is 3.22. The molecule has 84 valence electrons. The minimum absolute atomic E-state index is 0.0368. The Morgan fingerprint density at radius 1 is 1.40 bits per heavy atom. The highest BCUT2D eigenvalue weighted by Crippen LogP contribution is 2.45. The van der Waals surface area contributed by atoms with E-state index in [1.54, 1.807) is 0 Å². The van der Waals surface area contributed by atoms with E-state index in [-0.39, 0.29) is 11.2 Å². The van der Waals surface area contributed by atoms with Gasteiger partial charge in [-0.15, -0.1) is 0 Å². The first kappa shape index (κ1) is 10.7. The van der Waals surface area contributed by atoms with Crippen LogP contribution < -0.4 is 0 Å². The highest BCUT2D eigenvalue weighted by Gasteiger charge is 2.46. The van der Waals surface area contributed by atoms with Crippen LogP contribution in [0.2, 0.25) is 0 Å². The highest BCUT2D eigenvalue weighted by molar-refractivity contribution is 5.03. The third kappa shape index (κ3) is 1.81. The standard InChI is InChI=1S/C12H20N2O/c1-9-13-6-7-14(9)10-8-11(2,3)15-12(10,4)5/h6-7,10H,8H2,1-5H3. The van der Waals surface area contributed by atoms with Crippen molar-refractivity contribution < 1.29 is 4.74 Å². The SMILES string of the molecule is Cc1nccn1C1CC(C)(C)OC1(C)C. The fraction of sp³-hybridized carbons (Fsp3) is 0.750. The lowest BCUT2D eigenvalue weighted by atomic mass is 9.94. The Balaban J connectivity index is 2.35. The summed E-state index contributed by atoms with van der Waals surface area (Å²) in [6.45, 7) is 10.7. The molecule has 3 heteroatoms. The molecule has 1 saturated heterocycles. The summed E-state index contributed by atoms with van der Waals surface area (Å²) in [4.78, 5) is 4.28. The molecule has 0 spiro atoms. The topological polar surface area (TPSA) is 27.1 Å². The number of rotatable bonds is 1. The first-order valence-corrected chi connectivity index (χ1v) is 5.51. The molecule has 1 aliphatic heterocycles. The molecule has 0 saturated carbocycles. The van der Waals surface area contributed by atoms with E-state index in [9.17, 15) is 0 Å². The average molecular weight is 208 g/mol. The van der Waals surface area contributed by atoms with E-state index in [0.717, 1.165) is 12.2 Å². The van der Waals surface area contributed by atoms with Gasteiger partial charge in [0.15, 0.2) is 0 Å². The molecule has 1 aromatic rings. The molecule has 1 aromatic heterocycles. The maximum atomic E-state index is 6.08. The van der Waals surface area contributed by atoms with Crippen LogP contribution in [0.1, 0.15) is 46.0 Å². The summed E-state index contributed by atoms with van der Waals surface area (Å²) in [6, 6.07) is 0.384. The number of aryl methyl sites for hydroxylation is 1. The largest absolute Gasteiger partial charge is 0.367 e. The van der Waals surface area contributed by atoms with E-state index < -0.39 is 0 Å². The Labute approximate surface area is 91.5 Å². The highest BCUT2D eigenvalue weighted by atomic mass is 16.5. The predicted molar refractivity (Wildman–Crippen MR) is 59.9 cm³/mol. The van der Waals surface area contributed by atoms with E-state index in [4.69, 9.17) is 4.74 Å². The lowest BCUT2D eigenvalue weighted by Crippen LogP contribution is -2.31. The molecule has 1 atom stereocenters. The van der Waals surface area contributed by atoms with Gasteiger partial charge in [-0.05, 0) is 41.0 Å². The zero-order valence-corrected chi connectivity index (χ0v) is 10.2. The fourth-order valence-corrected chi connectivity index (χ4v) is 2.68. The third-order valence-corrected chi connectivity index (χ3v) is 3.22. The molecule has 1 fully saturated rings. The quantitative estimate of drug-likeness (QED) is 0.709. The molecule has 0 amide bonds. The number of nitrogens with zero attached hydrogens (tertiary/aromatic N) is 2. The lowest BCUT2D eigenvalue weighted by Gasteiger charge is -2.28. The molecule has 1 aliphatic rings. The molecular formula is C12H20N2O. The molecular weight excluding hydrogens is 188 g/mol. The first-order chi connectivity index (χ1) is 6.82. The van der Waals surface area contributed by atoms with Gasteiger partial charge in [0.25, 0.3) is 0 Å². The molecule has 15 heavy (non-hydrogen) atoms. The van der Waals surface area contributed by atoms with E-state index in [1.165, 1.54) is 0 Å². The van der Waals surface area contributed by atoms with Crippen LogP contribution in [-0.4, -0.2) is 20.8 Å². The van der Waals surface area contributed by atoms with Crippen LogP contribution in [0.3, 0.4) is 0 Å². The van der Waals surface area contributed by atoms with Crippen molar-refractivity contribution in [3.05, 3.63) is 18.2 Å². The Bertz CT molecular complexity index is 365. The summed E-state index contributed by atoms with van der Waals surface area (Å²) in [5, 5.41) is 0. The van der Waals surface area contributed by atoms with E-state index in [2.05, 4.69) is 37.2 Å². The van der Waals surface area contributed by atoms with Crippen LogP contribution in [0.4, 0.5) is 0 Å². The Kier molecular flexibility index (Phi) is 2.19. The van der Waals surface area contributed by atoms with Gasteiger partial charge in [-0.1, -0.05) is 0 Å². The Hall–Kier alpha value is -0.830. The molecule has 0 aliphatic carbocycles. The van der Waals surface area contributed by atoms with Crippen molar-refractivity contribution in [2.45, 2.75) is 58.3 Å². The number of hydrogen-bond donors (Lipinski definition) is 0. The molecule has 3 nitrogen and oxygen atoms in total. The van der Waals surface area contributed by atoms with Crippen molar-refractivity contribution in [3.8, 4) is 0 Å². The van der Waals surface area contributed by atoms with Gasteiger partial charge in [-0.2, -0.15) is 0 Å². The van der Waals surface area contributed by atoms with Crippen molar-refractivity contribution in [1.29, 1.82) is 0 Å². The van der Waals surface area contributed by atoms with E-state index in [0.29, 0.717) is 6.04 Å². The van der Waals surface area contributed by atoms with Crippen molar-refractivity contribution in [3.63, 3.8) is 0 Å². The summed E-state index contributed by atoms with van der Waals surface area (Å²) in [5.41, 5.74) is -0.153. The monoisotopic (exact) mass is 208 g/mol. The normalized spacial score (nSPS) is 28.2. The molecule has 0 N–H and O–H groups in total. The Morgan fingerprint density at radius 2 is 2.07 bits per heavy atom. The van der Waals surface area contributed by atoms with Crippen LogP contribution in [0.5, 0.6) is 0 Å². The smallest absolute Gasteiger partial charge is 0.105 e. The van der Waals surface area contributed by atoms with Crippen molar-refractivity contribution in [2.75, 3.05) is 0 Å². The molecule has 2 rings (SSSR count). The second-order valence-electron chi connectivity index (χ2n) is 5.57. The Morgan fingerprint density at radius 3 is 2.47 bits per heavy atom. The molecule has 0 bridgehead atoms. The van der Waals surface area contributed by atoms with Gasteiger partial charge in [-0.25, -0.2) is 4.98 Å². The summed E-state index contributed by atoms with van der Waals surface area (Å²) in [5.74, 6) is 1.06. The van der Waals surface area contributed by atoms with Crippen LogP contribution in [-0.2, 0) is 4.74 Å². The molecule has 2 heterocycles. The number of aromatic nitrogens is 2. The maximum Gasteiger partial charge on any atom is 0.105 e. The van der Waals surface area contributed by atoms with E-state index >= 15 is 0 Å². The van der Waals surface area contributed by atoms with Gasteiger partial charge in [0.1, 0.15) is 5.82 Å². The zero-order chi connectivity index (χ0) is 11.3. The summed E-state index contributed by atoms with van der Waals surface area (Å²) >= 11 is 0. The second-order valence-corrected chi connectivity index (χ2v) is 5.57. The van der Waals surface area contributed by atoms with Crippen molar-refractivity contribution >= 4 is 0 Å². The predicted octanol–water partition coefficient (Wildman–Crippen LogP) is 2.71. The number of imidazole rings is 1. The minimum Gasteiger partial charge on any atom is -0.367 e. The van der Waals surface area contributed by atoms with Gasteiger partial charge < -0.3 is 9.30 Å². The molecule has 0 radical (unpaired) electrons. The molecule has 1 unspecified atom stereocenters. The van der Waals surface area contributed by atoms with Crippen molar-refractivity contribution in [2.24, 2.45) is 0 Å². The van der Waals surface area contributed by atoms with Gasteiger partial charge in [-0.3, -0.25) is 0 Å². The van der Waals surface area contributed by atoms with Gasteiger partial charge >= 0.3 is 0 Å². The first-order valence-electron chi connectivity index (χ1n) is 5.51. The van der Waals surface area contributed by atoms with Gasteiger partial charge in [0.2, 0.25) is 0 Å². The second kappa shape index (κ2) is 3.08. The summed E-state index contributed by atoms with van der Waals surface area (Å²) < 4.78 is 8.31. The fourth-order valence-electron chi connectivity index (χ4n) is 2.68. The lowest BCUT2D eigenvalue weighted by molar-refractivity contribution is -0.0730. The van der Waals surface area contributed by atoms with Crippen molar-refractivity contribution in [1.82, 2.24) is 9.55 Å². The van der Waals surface area contributed by atoms with Gasteiger partial charge in [0.05, 0.1) is 17.2 Å².